The first kappa shape index (κ1) is 14.2. The molecule has 0 spiro atoms. The van der Waals surface area contributed by atoms with E-state index in [2.05, 4.69) is 51.4 Å². The van der Waals surface area contributed by atoms with Crippen LogP contribution in [0.5, 0.6) is 0 Å². The van der Waals surface area contributed by atoms with Gasteiger partial charge in [-0.1, -0.05) is 19.9 Å². The molecule has 1 aromatic rings. The number of rotatable bonds is 5. The van der Waals surface area contributed by atoms with Gasteiger partial charge in [-0.05, 0) is 56.4 Å². The van der Waals surface area contributed by atoms with Crippen molar-refractivity contribution >= 4 is 18.3 Å². The van der Waals surface area contributed by atoms with Gasteiger partial charge in [0.05, 0.1) is 0 Å². The monoisotopic (exact) mass is 249 g/mol. The number of benzene rings is 1. The van der Waals surface area contributed by atoms with Crippen molar-refractivity contribution in [3.05, 3.63) is 35.0 Å². The molecule has 0 atom stereocenters. The van der Waals surface area contributed by atoms with Gasteiger partial charge in [0.15, 0.2) is 0 Å². The van der Waals surface area contributed by atoms with Crippen molar-refractivity contribution in [1.29, 1.82) is 0 Å². The van der Waals surface area contributed by atoms with Crippen LogP contribution >= 0.6 is 12.6 Å². The van der Waals surface area contributed by atoms with E-state index in [1.54, 1.807) is 0 Å². The standard InChI is InChI=1S/C15H23NS/c1-6-7-8-13-11(4)14(16-10(2)3)9-15(17)12(13)5/h9,16-17H,2,6-8H2,1,3-5H3. The number of thiol groups is 1. The molecule has 0 unspecified atom stereocenters. The lowest BCUT2D eigenvalue weighted by atomic mass is 9.96. The lowest BCUT2D eigenvalue weighted by Gasteiger charge is -2.17. The van der Waals surface area contributed by atoms with Crippen LogP contribution in [0, 0.1) is 13.8 Å². The van der Waals surface area contributed by atoms with Gasteiger partial charge < -0.3 is 5.32 Å². The zero-order chi connectivity index (χ0) is 13.0. The van der Waals surface area contributed by atoms with Crippen LogP contribution < -0.4 is 5.32 Å². The molecule has 1 N–H and O–H groups in total. The Labute approximate surface area is 111 Å². The fourth-order valence-electron chi connectivity index (χ4n) is 2.04. The summed E-state index contributed by atoms with van der Waals surface area (Å²) in [4.78, 5) is 1.06. The van der Waals surface area contributed by atoms with Gasteiger partial charge in [-0.2, -0.15) is 0 Å². The molecule has 0 saturated heterocycles. The minimum absolute atomic E-state index is 0.964. The Kier molecular flexibility index (Phi) is 5.13. The highest BCUT2D eigenvalue weighted by Gasteiger charge is 2.10. The molecule has 0 radical (unpaired) electrons. The Morgan fingerprint density at radius 1 is 1.35 bits per heavy atom. The lowest BCUT2D eigenvalue weighted by Crippen LogP contribution is -2.02. The number of unbranched alkanes of at least 4 members (excludes halogenated alkanes) is 1. The first-order chi connectivity index (χ1) is 7.97. The minimum atomic E-state index is 0.964. The van der Waals surface area contributed by atoms with E-state index in [9.17, 15) is 0 Å². The van der Waals surface area contributed by atoms with Crippen LogP contribution in [0.1, 0.15) is 43.4 Å². The van der Waals surface area contributed by atoms with Crippen LogP contribution in [0.3, 0.4) is 0 Å². The Hall–Kier alpha value is -0.890. The predicted octanol–water partition coefficient (Wildman–Crippen LogP) is 4.88. The largest absolute Gasteiger partial charge is 0.359 e. The molecule has 2 heteroatoms. The molecular weight excluding hydrogens is 226 g/mol. The fourth-order valence-corrected chi connectivity index (χ4v) is 2.30. The molecule has 0 heterocycles. The first-order valence-electron chi connectivity index (χ1n) is 6.22. The van der Waals surface area contributed by atoms with Crippen molar-refractivity contribution in [2.75, 3.05) is 5.32 Å². The molecule has 0 aromatic heterocycles. The predicted molar refractivity (Wildman–Crippen MR) is 80.2 cm³/mol. The molecular formula is C15H23NS. The summed E-state index contributed by atoms with van der Waals surface area (Å²) in [6, 6.07) is 2.10. The molecule has 0 fully saturated rings. The minimum Gasteiger partial charge on any atom is -0.359 e. The summed E-state index contributed by atoms with van der Waals surface area (Å²) in [5.41, 5.74) is 6.18. The Balaban J connectivity index is 3.17. The molecule has 0 bridgehead atoms. The average Bonchev–Trinajstić information content (AvgIpc) is 2.25. The maximum Gasteiger partial charge on any atom is 0.0425 e. The van der Waals surface area contributed by atoms with E-state index in [1.165, 1.54) is 29.5 Å². The van der Waals surface area contributed by atoms with Gasteiger partial charge >= 0.3 is 0 Å². The van der Waals surface area contributed by atoms with E-state index in [-0.39, 0.29) is 0 Å². The average molecular weight is 249 g/mol. The van der Waals surface area contributed by atoms with E-state index in [0.29, 0.717) is 0 Å². The highest BCUT2D eigenvalue weighted by molar-refractivity contribution is 7.80. The summed E-state index contributed by atoms with van der Waals surface area (Å²) in [5, 5.41) is 3.31. The molecule has 1 nitrogen and oxygen atoms in total. The van der Waals surface area contributed by atoms with E-state index in [1.807, 2.05) is 6.92 Å². The highest BCUT2D eigenvalue weighted by Crippen LogP contribution is 2.30. The fraction of sp³-hybridized carbons (Fsp3) is 0.467. The zero-order valence-corrected chi connectivity index (χ0v) is 12.2. The molecule has 0 aliphatic rings. The van der Waals surface area contributed by atoms with Gasteiger partial charge in [-0.25, -0.2) is 0 Å². The Morgan fingerprint density at radius 3 is 2.53 bits per heavy atom. The highest BCUT2D eigenvalue weighted by atomic mass is 32.1. The maximum absolute atomic E-state index is 4.56. The molecule has 0 saturated carbocycles. The normalized spacial score (nSPS) is 10.4. The van der Waals surface area contributed by atoms with Crippen LogP contribution in [-0.2, 0) is 6.42 Å². The summed E-state index contributed by atoms with van der Waals surface area (Å²) in [7, 11) is 0. The van der Waals surface area contributed by atoms with Crippen molar-refractivity contribution in [1.82, 2.24) is 0 Å². The summed E-state index contributed by atoms with van der Waals surface area (Å²) in [6.07, 6.45) is 3.58. The van der Waals surface area contributed by atoms with Crippen LogP contribution in [0.4, 0.5) is 5.69 Å². The molecule has 0 aliphatic carbocycles. The second-order valence-electron chi connectivity index (χ2n) is 4.68. The topological polar surface area (TPSA) is 12.0 Å². The van der Waals surface area contributed by atoms with Crippen molar-refractivity contribution < 1.29 is 0 Å². The van der Waals surface area contributed by atoms with E-state index < -0.39 is 0 Å². The second-order valence-corrected chi connectivity index (χ2v) is 5.16. The first-order valence-corrected chi connectivity index (χ1v) is 6.66. The summed E-state index contributed by atoms with van der Waals surface area (Å²) in [6.45, 7) is 12.4. The van der Waals surface area contributed by atoms with E-state index >= 15 is 0 Å². The third-order valence-electron chi connectivity index (χ3n) is 3.10. The lowest BCUT2D eigenvalue weighted by molar-refractivity contribution is 0.785. The third-order valence-corrected chi connectivity index (χ3v) is 3.57. The third kappa shape index (κ3) is 3.53. The quantitative estimate of drug-likeness (QED) is 0.709. The van der Waals surface area contributed by atoms with Gasteiger partial charge in [0.25, 0.3) is 0 Å². The number of nitrogens with one attached hydrogen (secondary N) is 1. The number of anilines is 1. The molecule has 1 aromatic carbocycles. The van der Waals surface area contributed by atoms with Crippen molar-refractivity contribution in [2.24, 2.45) is 0 Å². The van der Waals surface area contributed by atoms with Gasteiger partial charge in [0.1, 0.15) is 0 Å². The smallest absolute Gasteiger partial charge is 0.0425 e. The van der Waals surface area contributed by atoms with Gasteiger partial charge in [0, 0.05) is 16.3 Å². The van der Waals surface area contributed by atoms with Crippen molar-refractivity contribution in [2.45, 2.75) is 51.9 Å². The van der Waals surface area contributed by atoms with Crippen molar-refractivity contribution in [3.63, 3.8) is 0 Å². The van der Waals surface area contributed by atoms with E-state index in [4.69, 9.17) is 0 Å². The summed E-state index contributed by atoms with van der Waals surface area (Å²) < 4.78 is 0. The Morgan fingerprint density at radius 2 is 2.00 bits per heavy atom. The summed E-state index contributed by atoms with van der Waals surface area (Å²) in [5.74, 6) is 0. The second kappa shape index (κ2) is 6.15. The number of hydrogen-bond donors (Lipinski definition) is 2. The van der Waals surface area contributed by atoms with Gasteiger partial charge in [-0.15, -0.1) is 12.6 Å². The zero-order valence-electron chi connectivity index (χ0n) is 11.4. The number of hydrogen-bond acceptors (Lipinski definition) is 2. The van der Waals surface area contributed by atoms with Crippen LogP contribution in [0.25, 0.3) is 0 Å². The number of allylic oxidation sites excluding steroid dienone is 1. The molecule has 1 rings (SSSR count). The SMILES string of the molecule is C=C(C)Nc1cc(S)c(C)c(CCCC)c1C. The summed E-state index contributed by atoms with van der Waals surface area (Å²) >= 11 is 4.56. The molecule has 0 aliphatic heterocycles. The molecule has 17 heavy (non-hydrogen) atoms. The van der Waals surface area contributed by atoms with Gasteiger partial charge in [0.2, 0.25) is 0 Å². The van der Waals surface area contributed by atoms with Crippen LogP contribution in [0.2, 0.25) is 0 Å². The molecule has 94 valence electrons. The van der Waals surface area contributed by atoms with Gasteiger partial charge in [-0.3, -0.25) is 0 Å². The molecule has 0 amide bonds. The van der Waals surface area contributed by atoms with E-state index in [0.717, 1.165) is 22.7 Å². The Bertz CT molecular complexity index is 421. The van der Waals surface area contributed by atoms with Crippen molar-refractivity contribution in [3.8, 4) is 0 Å². The maximum atomic E-state index is 4.56. The van der Waals surface area contributed by atoms with Crippen LogP contribution in [-0.4, -0.2) is 0 Å². The van der Waals surface area contributed by atoms with Crippen LogP contribution in [0.15, 0.2) is 23.2 Å².